The molecule has 0 heterocycles. The second-order valence-corrected chi connectivity index (χ2v) is 4.74. The van der Waals surface area contributed by atoms with Crippen molar-refractivity contribution in [2.75, 3.05) is 0 Å². The molecular formula is C15H15ClFN. The van der Waals surface area contributed by atoms with Crippen LogP contribution < -0.4 is 5.32 Å². The third kappa shape index (κ3) is 3.56. The second-order valence-electron chi connectivity index (χ2n) is 4.34. The molecule has 2 rings (SSSR count). The standard InChI is InChI=1S/C15H15ClFN/c1-11-2-4-12(5-3-11)9-18-10-13-6-7-14(16)15(17)8-13/h2-8,18H,9-10H2,1H3. The van der Waals surface area contributed by atoms with Gasteiger partial charge in [0.25, 0.3) is 0 Å². The van der Waals surface area contributed by atoms with E-state index in [4.69, 9.17) is 11.6 Å². The molecule has 0 fully saturated rings. The summed E-state index contributed by atoms with van der Waals surface area (Å²) in [5.41, 5.74) is 3.36. The molecular weight excluding hydrogens is 249 g/mol. The Labute approximate surface area is 112 Å². The van der Waals surface area contributed by atoms with Crippen LogP contribution in [0.15, 0.2) is 42.5 Å². The zero-order valence-corrected chi connectivity index (χ0v) is 11.0. The lowest BCUT2D eigenvalue weighted by Gasteiger charge is -2.06. The van der Waals surface area contributed by atoms with E-state index in [-0.39, 0.29) is 10.8 Å². The van der Waals surface area contributed by atoms with Gasteiger partial charge in [-0.1, -0.05) is 47.5 Å². The van der Waals surface area contributed by atoms with Gasteiger partial charge in [-0.25, -0.2) is 4.39 Å². The number of halogens is 2. The Morgan fingerprint density at radius 1 is 1.00 bits per heavy atom. The van der Waals surface area contributed by atoms with Crippen molar-refractivity contribution >= 4 is 11.6 Å². The highest BCUT2D eigenvalue weighted by Gasteiger charge is 2.00. The first kappa shape index (κ1) is 13.1. The highest BCUT2D eigenvalue weighted by atomic mass is 35.5. The number of hydrogen-bond donors (Lipinski definition) is 1. The maximum absolute atomic E-state index is 13.2. The van der Waals surface area contributed by atoms with Crippen molar-refractivity contribution in [1.82, 2.24) is 5.32 Å². The quantitative estimate of drug-likeness (QED) is 0.877. The third-order valence-corrected chi connectivity index (χ3v) is 3.07. The summed E-state index contributed by atoms with van der Waals surface area (Å²) in [6, 6.07) is 13.2. The van der Waals surface area contributed by atoms with Gasteiger partial charge in [-0.3, -0.25) is 0 Å². The van der Waals surface area contributed by atoms with Gasteiger partial charge in [0.05, 0.1) is 5.02 Å². The van der Waals surface area contributed by atoms with Gasteiger partial charge in [0, 0.05) is 13.1 Å². The van der Waals surface area contributed by atoms with Crippen molar-refractivity contribution in [2.24, 2.45) is 0 Å². The SMILES string of the molecule is Cc1ccc(CNCc2ccc(Cl)c(F)c2)cc1. The van der Waals surface area contributed by atoms with Gasteiger partial charge >= 0.3 is 0 Å². The third-order valence-electron chi connectivity index (χ3n) is 2.76. The van der Waals surface area contributed by atoms with Crippen LogP contribution >= 0.6 is 11.6 Å². The predicted octanol–water partition coefficient (Wildman–Crippen LogP) is 4.08. The van der Waals surface area contributed by atoms with Gasteiger partial charge in [-0.15, -0.1) is 0 Å². The molecule has 0 atom stereocenters. The number of benzene rings is 2. The maximum Gasteiger partial charge on any atom is 0.142 e. The first-order valence-corrected chi connectivity index (χ1v) is 6.23. The molecule has 3 heteroatoms. The monoisotopic (exact) mass is 263 g/mol. The van der Waals surface area contributed by atoms with Crippen LogP contribution in [0, 0.1) is 12.7 Å². The van der Waals surface area contributed by atoms with E-state index < -0.39 is 0 Å². The summed E-state index contributed by atoms with van der Waals surface area (Å²) in [7, 11) is 0. The van der Waals surface area contributed by atoms with E-state index >= 15 is 0 Å². The van der Waals surface area contributed by atoms with Gasteiger partial charge in [-0.2, -0.15) is 0 Å². The van der Waals surface area contributed by atoms with Crippen LogP contribution in [0.5, 0.6) is 0 Å². The van der Waals surface area contributed by atoms with E-state index in [9.17, 15) is 4.39 Å². The summed E-state index contributed by atoms with van der Waals surface area (Å²) in [5.74, 6) is -0.369. The van der Waals surface area contributed by atoms with Crippen molar-refractivity contribution in [1.29, 1.82) is 0 Å². The lowest BCUT2D eigenvalue weighted by atomic mass is 10.1. The first-order valence-electron chi connectivity index (χ1n) is 5.85. The predicted molar refractivity (Wildman–Crippen MR) is 73.1 cm³/mol. The largest absolute Gasteiger partial charge is 0.309 e. The number of rotatable bonds is 4. The summed E-state index contributed by atoms with van der Waals surface area (Å²) in [4.78, 5) is 0. The number of hydrogen-bond acceptors (Lipinski definition) is 1. The van der Waals surface area contributed by atoms with Crippen molar-refractivity contribution in [3.05, 3.63) is 70.0 Å². The van der Waals surface area contributed by atoms with Crippen LogP contribution in [0.25, 0.3) is 0 Å². The van der Waals surface area contributed by atoms with Crippen LogP contribution in [-0.2, 0) is 13.1 Å². The fourth-order valence-electron chi connectivity index (χ4n) is 1.71. The highest BCUT2D eigenvalue weighted by Crippen LogP contribution is 2.15. The Bertz CT molecular complexity index is 523. The Hall–Kier alpha value is -1.38. The lowest BCUT2D eigenvalue weighted by molar-refractivity contribution is 0.620. The molecule has 0 saturated heterocycles. The molecule has 0 bridgehead atoms. The smallest absolute Gasteiger partial charge is 0.142 e. The molecule has 18 heavy (non-hydrogen) atoms. The average Bonchev–Trinajstić information content (AvgIpc) is 2.36. The van der Waals surface area contributed by atoms with E-state index in [0.717, 1.165) is 12.1 Å². The minimum Gasteiger partial charge on any atom is -0.309 e. The Morgan fingerprint density at radius 3 is 2.28 bits per heavy atom. The van der Waals surface area contributed by atoms with Crippen LogP contribution in [0.4, 0.5) is 4.39 Å². The van der Waals surface area contributed by atoms with Crippen molar-refractivity contribution in [2.45, 2.75) is 20.0 Å². The summed E-state index contributed by atoms with van der Waals surface area (Å²) in [6.45, 7) is 3.46. The minimum atomic E-state index is -0.369. The summed E-state index contributed by atoms with van der Waals surface area (Å²) in [5, 5.41) is 3.44. The molecule has 1 nitrogen and oxygen atoms in total. The Kier molecular flexibility index (Phi) is 4.34. The molecule has 0 spiro atoms. The normalized spacial score (nSPS) is 10.6. The molecule has 0 aliphatic heterocycles. The van der Waals surface area contributed by atoms with E-state index in [2.05, 4.69) is 36.5 Å². The van der Waals surface area contributed by atoms with Crippen LogP contribution in [0.2, 0.25) is 5.02 Å². The topological polar surface area (TPSA) is 12.0 Å². The van der Waals surface area contributed by atoms with Gasteiger partial charge in [0.2, 0.25) is 0 Å². The Balaban J connectivity index is 1.88. The molecule has 2 aromatic rings. The minimum absolute atomic E-state index is 0.164. The van der Waals surface area contributed by atoms with Gasteiger partial charge in [-0.05, 0) is 30.2 Å². The molecule has 2 aromatic carbocycles. The van der Waals surface area contributed by atoms with Gasteiger partial charge in [0.1, 0.15) is 5.82 Å². The zero-order valence-electron chi connectivity index (χ0n) is 10.2. The molecule has 0 saturated carbocycles. The van der Waals surface area contributed by atoms with Crippen molar-refractivity contribution in [3.8, 4) is 0 Å². The fourth-order valence-corrected chi connectivity index (χ4v) is 1.82. The van der Waals surface area contributed by atoms with E-state index in [1.165, 1.54) is 17.2 Å². The molecule has 0 aromatic heterocycles. The molecule has 1 N–H and O–H groups in total. The molecule has 0 radical (unpaired) electrons. The molecule has 0 aliphatic rings. The maximum atomic E-state index is 13.2. The van der Waals surface area contributed by atoms with Crippen molar-refractivity contribution < 1.29 is 4.39 Å². The molecule has 0 amide bonds. The number of aryl methyl sites for hydroxylation is 1. The van der Waals surface area contributed by atoms with E-state index in [0.29, 0.717) is 6.54 Å². The molecule has 94 valence electrons. The first-order chi connectivity index (χ1) is 8.65. The molecule has 0 unspecified atom stereocenters. The average molecular weight is 264 g/mol. The Morgan fingerprint density at radius 2 is 1.61 bits per heavy atom. The summed E-state index contributed by atoms with van der Waals surface area (Å²) in [6.07, 6.45) is 0. The lowest BCUT2D eigenvalue weighted by Crippen LogP contribution is -2.12. The molecule has 0 aliphatic carbocycles. The zero-order chi connectivity index (χ0) is 13.0. The summed E-state index contributed by atoms with van der Waals surface area (Å²) < 4.78 is 13.2. The van der Waals surface area contributed by atoms with E-state index in [1.807, 2.05) is 6.07 Å². The van der Waals surface area contributed by atoms with Crippen LogP contribution in [0.1, 0.15) is 16.7 Å². The fraction of sp³-hybridized carbons (Fsp3) is 0.200. The highest BCUT2D eigenvalue weighted by molar-refractivity contribution is 6.30. The van der Waals surface area contributed by atoms with Gasteiger partial charge < -0.3 is 5.32 Å². The summed E-state index contributed by atoms with van der Waals surface area (Å²) >= 11 is 5.63. The van der Waals surface area contributed by atoms with Gasteiger partial charge in [0.15, 0.2) is 0 Å². The number of nitrogens with one attached hydrogen (secondary N) is 1. The van der Waals surface area contributed by atoms with Crippen molar-refractivity contribution in [3.63, 3.8) is 0 Å². The van der Waals surface area contributed by atoms with Crippen LogP contribution in [-0.4, -0.2) is 0 Å². The second kappa shape index (κ2) is 5.98. The van der Waals surface area contributed by atoms with Crippen LogP contribution in [0.3, 0.4) is 0 Å². The van der Waals surface area contributed by atoms with E-state index in [1.54, 1.807) is 6.07 Å².